The number of ether oxygens (including phenoxy) is 5. The van der Waals surface area contributed by atoms with E-state index in [1.54, 1.807) is 69.3 Å². The van der Waals surface area contributed by atoms with E-state index in [4.69, 9.17) is 65.4 Å². The zero-order valence-electron chi connectivity index (χ0n) is 27.2. The van der Waals surface area contributed by atoms with Gasteiger partial charge in [-0.1, -0.05) is 69.9 Å². The molecular weight excluding hydrogens is 750 g/mol. The largest absolute Gasteiger partial charge is 0.490 e. The van der Waals surface area contributed by atoms with Crippen molar-refractivity contribution in [2.45, 2.75) is 33.4 Å². The van der Waals surface area contributed by atoms with Crippen molar-refractivity contribution in [3.8, 4) is 17.2 Å². The smallest absolute Gasteiger partial charge is 0.343 e. The molecule has 50 heavy (non-hydrogen) atoms. The summed E-state index contributed by atoms with van der Waals surface area (Å²) in [6.07, 6.45) is 1.61. The Morgan fingerprint density at radius 3 is 2.38 bits per heavy atom. The molecule has 1 atom stereocenters. The number of methoxy groups -OCH3 is 1. The van der Waals surface area contributed by atoms with E-state index in [9.17, 15) is 14.4 Å². The maximum Gasteiger partial charge on any atom is 0.343 e. The van der Waals surface area contributed by atoms with Crippen molar-refractivity contribution >= 4 is 75.8 Å². The summed E-state index contributed by atoms with van der Waals surface area (Å²) in [6, 6.07) is 12.2. The highest BCUT2D eigenvalue weighted by molar-refractivity contribution is 7.07. The molecule has 1 aliphatic rings. The van der Waals surface area contributed by atoms with E-state index in [-0.39, 0.29) is 53.1 Å². The third-order valence-corrected chi connectivity index (χ3v) is 9.45. The van der Waals surface area contributed by atoms with Crippen LogP contribution in [0, 0.1) is 0 Å². The van der Waals surface area contributed by atoms with Gasteiger partial charge >= 0.3 is 11.9 Å². The molecule has 10 nitrogen and oxygen atoms in total. The standard InChI is InChI=1S/C35H30Cl4N2O8S/c1-5-46-27-12-19(8-10-26(27)48-17-29(42)45-4)31-30(34(44)47-6-2)18(3)40-35-41(31)33(43)28(50-35)13-21-11-23(37)15-25(39)32(21)49-16-20-7-9-22(36)14-24(20)38/h7-15,31H,5-6,16-17H2,1-4H3/b28-13+/t31-/m1/s1. The maximum absolute atomic E-state index is 14.3. The number of fused-ring (bicyclic) bond motifs is 1. The Hall–Kier alpha value is -4.00. The summed E-state index contributed by atoms with van der Waals surface area (Å²) in [6.45, 7) is 5.26. The van der Waals surface area contributed by atoms with E-state index in [2.05, 4.69) is 9.73 Å². The third kappa shape index (κ3) is 8.14. The van der Waals surface area contributed by atoms with Crippen LogP contribution >= 0.6 is 57.7 Å². The summed E-state index contributed by atoms with van der Waals surface area (Å²) in [5.41, 5.74) is 1.72. The van der Waals surface area contributed by atoms with E-state index in [0.717, 1.165) is 11.3 Å². The van der Waals surface area contributed by atoms with E-state index in [1.807, 2.05) is 0 Å². The molecule has 15 heteroatoms. The number of esters is 2. The van der Waals surface area contributed by atoms with Gasteiger partial charge in [0.25, 0.3) is 5.56 Å². The normalized spacial score (nSPS) is 14.2. The number of hydrogen-bond donors (Lipinski definition) is 0. The first-order valence-corrected chi connectivity index (χ1v) is 17.5. The Bertz CT molecular complexity index is 2180. The number of carbonyl (C=O) groups excluding carboxylic acids is 2. The average Bonchev–Trinajstić information content (AvgIpc) is 3.37. The van der Waals surface area contributed by atoms with Crippen molar-refractivity contribution in [1.29, 1.82) is 0 Å². The lowest BCUT2D eigenvalue weighted by Crippen LogP contribution is -2.40. The fraction of sp³-hybridized carbons (Fsp3) is 0.257. The van der Waals surface area contributed by atoms with Gasteiger partial charge in [-0.05, 0) is 68.8 Å². The van der Waals surface area contributed by atoms with Crippen molar-refractivity contribution < 1.29 is 33.3 Å². The molecule has 0 unspecified atom stereocenters. The molecule has 1 aromatic heterocycles. The molecule has 0 amide bonds. The molecule has 0 saturated carbocycles. The number of nitrogens with zero attached hydrogens (tertiary/aromatic N) is 2. The molecule has 2 heterocycles. The van der Waals surface area contributed by atoms with Crippen LogP contribution in [-0.4, -0.2) is 43.4 Å². The molecule has 0 aliphatic carbocycles. The molecule has 3 aromatic carbocycles. The SMILES string of the molecule is CCOC(=O)C1=C(C)N=c2s/c(=C/c3cc(Cl)cc(Cl)c3OCc3ccc(Cl)cc3Cl)c(=O)n2[C@@H]1c1ccc(OCC(=O)OC)c(OCC)c1. The summed E-state index contributed by atoms with van der Waals surface area (Å²) in [7, 11) is 1.26. The first kappa shape index (κ1) is 37.3. The van der Waals surface area contributed by atoms with Crippen LogP contribution in [0.15, 0.2) is 69.6 Å². The molecule has 5 rings (SSSR count). The third-order valence-electron chi connectivity index (χ3n) is 7.38. The number of hydrogen-bond acceptors (Lipinski definition) is 10. The lowest BCUT2D eigenvalue weighted by atomic mass is 9.95. The summed E-state index contributed by atoms with van der Waals surface area (Å²) >= 11 is 26.5. The number of thiazole rings is 1. The first-order valence-electron chi connectivity index (χ1n) is 15.2. The fourth-order valence-corrected chi connectivity index (χ4v) is 7.22. The number of benzene rings is 3. The quantitative estimate of drug-likeness (QED) is 0.142. The molecule has 0 bridgehead atoms. The van der Waals surface area contributed by atoms with Crippen LogP contribution in [0.3, 0.4) is 0 Å². The summed E-state index contributed by atoms with van der Waals surface area (Å²) in [5.74, 6) is -0.357. The van der Waals surface area contributed by atoms with E-state index in [1.165, 1.54) is 17.7 Å². The maximum atomic E-state index is 14.3. The predicted molar refractivity (Wildman–Crippen MR) is 193 cm³/mol. The number of rotatable bonds is 12. The van der Waals surface area contributed by atoms with Crippen LogP contribution in [0.4, 0.5) is 0 Å². The molecule has 0 spiro atoms. The van der Waals surface area contributed by atoms with Crippen LogP contribution in [0.25, 0.3) is 6.08 Å². The lowest BCUT2D eigenvalue weighted by Gasteiger charge is -2.25. The van der Waals surface area contributed by atoms with Gasteiger partial charge in [-0.15, -0.1) is 0 Å². The summed E-state index contributed by atoms with van der Waals surface area (Å²) < 4.78 is 29.4. The molecule has 1 aliphatic heterocycles. The molecular formula is C35H30Cl4N2O8S. The van der Waals surface area contributed by atoms with Gasteiger partial charge in [0.2, 0.25) is 0 Å². The topological polar surface area (TPSA) is 115 Å². The van der Waals surface area contributed by atoms with E-state index >= 15 is 0 Å². The molecule has 4 aromatic rings. The van der Waals surface area contributed by atoms with E-state index in [0.29, 0.717) is 48.0 Å². The van der Waals surface area contributed by atoms with Gasteiger partial charge in [-0.25, -0.2) is 14.6 Å². The van der Waals surface area contributed by atoms with Crippen molar-refractivity contribution in [1.82, 2.24) is 4.57 Å². The lowest BCUT2D eigenvalue weighted by molar-refractivity contribution is -0.143. The highest BCUT2D eigenvalue weighted by Gasteiger charge is 2.34. The van der Waals surface area contributed by atoms with Gasteiger partial charge < -0.3 is 23.7 Å². The second-order valence-corrected chi connectivity index (χ2v) is 13.3. The van der Waals surface area contributed by atoms with Crippen LogP contribution < -0.4 is 29.1 Å². The predicted octanol–water partition coefficient (Wildman–Crippen LogP) is 6.94. The Kier molecular flexibility index (Phi) is 12.2. The molecule has 0 N–H and O–H groups in total. The number of carbonyl (C=O) groups is 2. The second-order valence-electron chi connectivity index (χ2n) is 10.6. The van der Waals surface area contributed by atoms with Gasteiger partial charge in [0.05, 0.1) is 47.2 Å². The Labute approximate surface area is 311 Å². The molecule has 0 saturated heterocycles. The summed E-state index contributed by atoms with van der Waals surface area (Å²) in [4.78, 5) is 44.5. The first-order chi connectivity index (χ1) is 23.9. The highest BCUT2D eigenvalue weighted by atomic mass is 35.5. The minimum absolute atomic E-state index is 0.0586. The minimum atomic E-state index is -0.952. The minimum Gasteiger partial charge on any atom is -0.490 e. The summed E-state index contributed by atoms with van der Waals surface area (Å²) in [5, 5.41) is 1.44. The Balaban J connectivity index is 1.64. The number of halogens is 4. The van der Waals surface area contributed by atoms with Crippen molar-refractivity contribution in [3.63, 3.8) is 0 Å². The van der Waals surface area contributed by atoms with Gasteiger partial charge in [-0.3, -0.25) is 9.36 Å². The van der Waals surface area contributed by atoms with Gasteiger partial charge in [0.15, 0.2) is 22.9 Å². The van der Waals surface area contributed by atoms with E-state index < -0.39 is 23.5 Å². The fourth-order valence-electron chi connectivity index (χ4n) is 5.15. The molecule has 0 fully saturated rings. The van der Waals surface area contributed by atoms with Crippen LogP contribution in [-0.2, 0) is 25.7 Å². The van der Waals surface area contributed by atoms with Crippen LogP contribution in [0.5, 0.6) is 17.2 Å². The molecule has 262 valence electrons. The number of allylic oxidation sites excluding steroid dienone is 1. The highest BCUT2D eigenvalue weighted by Crippen LogP contribution is 2.37. The molecule has 0 radical (unpaired) electrons. The Morgan fingerprint density at radius 2 is 1.68 bits per heavy atom. The second kappa shape index (κ2) is 16.3. The monoisotopic (exact) mass is 778 g/mol. The van der Waals surface area contributed by atoms with Gasteiger partial charge in [0, 0.05) is 26.2 Å². The average molecular weight is 781 g/mol. The zero-order chi connectivity index (χ0) is 36.1. The Morgan fingerprint density at radius 1 is 0.920 bits per heavy atom. The van der Waals surface area contributed by atoms with Crippen molar-refractivity contribution in [3.05, 3.63) is 116 Å². The number of aromatic nitrogens is 1. The van der Waals surface area contributed by atoms with Crippen LogP contribution in [0.1, 0.15) is 43.5 Å². The van der Waals surface area contributed by atoms with Crippen molar-refractivity contribution in [2.24, 2.45) is 4.99 Å². The van der Waals surface area contributed by atoms with Gasteiger partial charge in [0.1, 0.15) is 12.4 Å². The van der Waals surface area contributed by atoms with Crippen LogP contribution in [0.2, 0.25) is 20.1 Å². The van der Waals surface area contributed by atoms with Gasteiger partial charge in [-0.2, -0.15) is 0 Å². The zero-order valence-corrected chi connectivity index (χ0v) is 31.0. The van der Waals surface area contributed by atoms with Crippen molar-refractivity contribution in [2.75, 3.05) is 26.9 Å².